The van der Waals surface area contributed by atoms with Crippen molar-refractivity contribution in [2.75, 3.05) is 37.8 Å². The lowest BCUT2D eigenvalue weighted by atomic mass is 10.1. The molecule has 3 heteroatoms. The van der Waals surface area contributed by atoms with E-state index in [1.54, 1.807) is 0 Å². The van der Waals surface area contributed by atoms with E-state index in [-0.39, 0.29) is 0 Å². The molecule has 1 fully saturated rings. The van der Waals surface area contributed by atoms with Gasteiger partial charge >= 0.3 is 0 Å². The second-order valence-electron chi connectivity index (χ2n) is 4.07. The van der Waals surface area contributed by atoms with Gasteiger partial charge in [-0.2, -0.15) is 11.8 Å². The minimum Gasteiger partial charge on any atom is -0.380 e. The van der Waals surface area contributed by atoms with E-state index in [9.17, 15) is 0 Å². The third-order valence-corrected chi connectivity index (χ3v) is 3.21. The molecule has 0 saturated carbocycles. The zero-order valence-electron chi connectivity index (χ0n) is 8.71. The van der Waals surface area contributed by atoms with Crippen molar-refractivity contribution in [3.05, 3.63) is 0 Å². The topological polar surface area (TPSA) is 21.3 Å². The molecule has 2 nitrogen and oxygen atoms in total. The van der Waals surface area contributed by atoms with E-state index in [0.717, 1.165) is 24.9 Å². The van der Waals surface area contributed by atoms with E-state index < -0.39 is 0 Å². The Morgan fingerprint density at radius 1 is 1.46 bits per heavy atom. The van der Waals surface area contributed by atoms with Gasteiger partial charge in [-0.15, -0.1) is 0 Å². The van der Waals surface area contributed by atoms with Crippen LogP contribution in [0.25, 0.3) is 0 Å². The summed E-state index contributed by atoms with van der Waals surface area (Å²) in [6.07, 6.45) is 0. The van der Waals surface area contributed by atoms with Gasteiger partial charge in [0, 0.05) is 12.4 Å². The molecule has 0 aliphatic carbocycles. The maximum absolute atomic E-state index is 5.49. The molecule has 0 unspecified atom stereocenters. The Morgan fingerprint density at radius 3 is 2.77 bits per heavy atom. The molecule has 1 heterocycles. The van der Waals surface area contributed by atoms with E-state index in [4.69, 9.17) is 4.74 Å². The molecule has 0 bridgehead atoms. The van der Waals surface area contributed by atoms with Crippen LogP contribution in [-0.2, 0) is 4.74 Å². The first-order valence-electron chi connectivity index (χ1n) is 5.15. The number of thioether (sulfide) groups is 1. The lowest BCUT2D eigenvalue weighted by Crippen LogP contribution is -2.43. The summed E-state index contributed by atoms with van der Waals surface area (Å²) in [7, 11) is 0. The molecule has 1 aliphatic rings. The van der Waals surface area contributed by atoms with E-state index in [2.05, 4.69) is 19.2 Å². The van der Waals surface area contributed by atoms with Crippen LogP contribution in [0.1, 0.15) is 13.8 Å². The van der Waals surface area contributed by atoms with Gasteiger partial charge in [-0.25, -0.2) is 0 Å². The second kappa shape index (κ2) is 6.68. The highest BCUT2D eigenvalue weighted by atomic mass is 32.2. The van der Waals surface area contributed by atoms with Gasteiger partial charge in [-0.05, 0) is 30.7 Å². The molecule has 1 saturated heterocycles. The van der Waals surface area contributed by atoms with Crippen molar-refractivity contribution in [1.29, 1.82) is 0 Å². The van der Waals surface area contributed by atoms with Crippen LogP contribution in [0.15, 0.2) is 0 Å². The third kappa shape index (κ3) is 5.55. The molecular weight excluding hydrogens is 182 g/mol. The number of ether oxygens (including phenoxy) is 1. The van der Waals surface area contributed by atoms with Crippen LogP contribution < -0.4 is 5.32 Å². The minimum absolute atomic E-state index is 0.667. The Labute approximate surface area is 85.8 Å². The van der Waals surface area contributed by atoms with Crippen molar-refractivity contribution in [3.63, 3.8) is 0 Å². The quantitative estimate of drug-likeness (QED) is 0.635. The van der Waals surface area contributed by atoms with E-state index in [0.29, 0.717) is 5.92 Å². The van der Waals surface area contributed by atoms with Crippen LogP contribution in [0.4, 0.5) is 0 Å². The molecule has 0 spiro atoms. The summed E-state index contributed by atoms with van der Waals surface area (Å²) in [6.45, 7) is 8.65. The third-order valence-electron chi connectivity index (χ3n) is 2.04. The van der Waals surface area contributed by atoms with Crippen molar-refractivity contribution >= 4 is 11.8 Å². The molecule has 0 aromatic rings. The summed E-state index contributed by atoms with van der Waals surface area (Å²) in [5.74, 6) is 4.05. The van der Waals surface area contributed by atoms with Gasteiger partial charge in [0.2, 0.25) is 0 Å². The molecule has 1 N–H and O–H groups in total. The first-order chi connectivity index (χ1) is 6.29. The van der Waals surface area contributed by atoms with Gasteiger partial charge in [0.1, 0.15) is 0 Å². The second-order valence-corrected chi connectivity index (χ2v) is 5.22. The minimum atomic E-state index is 0.667. The van der Waals surface area contributed by atoms with Crippen molar-refractivity contribution in [3.8, 4) is 0 Å². The average Bonchev–Trinajstić information content (AvgIpc) is 1.99. The van der Waals surface area contributed by atoms with E-state index in [1.807, 2.05) is 11.8 Å². The molecule has 0 atom stereocenters. The Bertz CT molecular complexity index is 126. The fourth-order valence-electron chi connectivity index (χ4n) is 1.15. The molecule has 1 aliphatic heterocycles. The van der Waals surface area contributed by atoms with Gasteiger partial charge in [0.25, 0.3) is 0 Å². The zero-order chi connectivity index (χ0) is 9.52. The van der Waals surface area contributed by atoms with Crippen molar-refractivity contribution in [2.45, 2.75) is 13.8 Å². The van der Waals surface area contributed by atoms with Gasteiger partial charge in [0.15, 0.2) is 0 Å². The van der Waals surface area contributed by atoms with E-state index in [1.165, 1.54) is 18.8 Å². The summed E-state index contributed by atoms with van der Waals surface area (Å²) in [5.41, 5.74) is 0. The summed E-state index contributed by atoms with van der Waals surface area (Å²) in [6, 6.07) is 0. The maximum atomic E-state index is 5.49. The lowest BCUT2D eigenvalue weighted by Gasteiger charge is -2.26. The van der Waals surface area contributed by atoms with Gasteiger partial charge in [-0.3, -0.25) is 0 Å². The van der Waals surface area contributed by atoms with Gasteiger partial charge in [-0.1, -0.05) is 13.8 Å². The highest BCUT2D eigenvalue weighted by Gasteiger charge is 2.15. The summed E-state index contributed by atoms with van der Waals surface area (Å²) in [5, 5.41) is 3.28. The molecule has 13 heavy (non-hydrogen) atoms. The standard InChI is InChI=1S/C10H21NOS/c1-9(2)7-12-3-4-13-8-10-5-11-6-10/h9-11H,3-8H2,1-2H3. The number of hydrogen-bond acceptors (Lipinski definition) is 3. The fraction of sp³-hybridized carbons (Fsp3) is 1.00. The largest absolute Gasteiger partial charge is 0.380 e. The Balaban J connectivity index is 1.73. The average molecular weight is 203 g/mol. The van der Waals surface area contributed by atoms with Gasteiger partial charge in [0.05, 0.1) is 6.61 Å². The fourth-order valence-corrected chi connectivity index (χ4v) is 2.12. The van der Waals surface area contributed by atoms with Crippen molar-refractivity contribution < 1.29 is 4.74 Å². The van der Waals surface area contributed by atoms with Gasteiger partial charge < -0.3 is 10.1 Å². The SMILES string of the molecule is CC(C)COCCSCC1CNC1. The summed E-state index contributed by atoms with van der Waals surface area (Å²) >= 11 is 2.02. The molecular formula is C10H21NOS. The molecule has 78 valence electrons. The Hall–Kier alpha value is 0.270. The van der Waals surface area contributed by atoms with Crippen LogP contribution in [0.2, 0.25) is 0 Å². The Morgan fingerprint density at radius 2 is 2.23 bits per heavy atom. The maximum Gasteiger partial charge on any atom is 0.0556 e. The predicted octanol–water partition coefficient (Wildman–Crippen LogP) is 1.61. The molecule has 1 rings (SSSR count). The van der Waals surface area contributed by atoms with Crippen LogP contribution in [-0.4, -0.2) is 37.8 Å². The molecule has 0 aromatic heterocycles. The van der Waals surface area contributed by atoms with Crippen molar-refractivity contribution in [1.82, 2.24) is 5.32 Å². The smallest absolute Gasteiger partial charge is 0.0556 e. The zero-order valence-corrected chi connectivity index (χ0v) is 9.53. The highest BCUT2D eigenvalue weighted by molar-refractivity contribution is 7.99. The van der Waals surface area contributed by atoms with E-state index >= 15 is 0 Å². The number of nitrogens with one attached hydrogen (secondary N) is 1. The lowest BCUT2D eigenvalue weighted by molar-refractivity contribution is 0.124. The first-order valence-corrected chi connectivity index (χ1v) is 6.30. The summed E-state index contributed by atoms with van der Waals surface area (Å²) in [4.78, 5) is 0. The molecule has 0 aromatic carbocycles. The predicted molar refractivity (Wildman–Crippen MR) is 59.3 cm³/mol. The van der Waals surface area contributed by atoms with Crippen molar-refractivity contribution in [2.24, 2.45) is 11.8 Å². The van der Waals surface area contributed by atoms with Crippen LogP contribution in [0, 0.1) is 11.8 Å². The van der Waals surface area contributed by atoms with Crippen LogP contribution in [0.5, 0.6) is 0 Å². The Kier molecular flexibility index (Phi) is 5.83. The monoisotopic (exact) mass is 203 g/mol. The number of rotatable bonds is 7. The normalized spacial score (nSPS) is 17.8. The molecule has 0 amide bonds. The number of hydrogen-bond donors (Lipinski definition) is 1. The van der Waals surface area contributed by atoms with Crippen LogP contribution in [0.3, 0.4) is 0 Å². The first kappa shape index (κ1) is 11.3. The molecule has 0 radical (unpaired) electrons. The van der Waals surface area contributed by atoms with Crippen LogP contribution >= 0.6 is 11.8 Å². The summed E-state index contributed by atoms with van der Waals surface area (Å²) < 4.78 is 5.49. The highest BCUT2D eigenvalue weighted by Crippen LogP contribution is 2.11.